The number of rotatable bonds is 5. The van der Waals surface area contributed by atoms with Crippen molar-refractivity contribution in [2.75, 3.05) is 31.1 Å². The third-order valence-electron chi connectivity index (χ3n) is 8.26. The molecule has 0 radical (unpaired) electrons. The van der Waals surface area contributed by atoms with Crippen molar-refractivity contribution in [1.29, 1.82) is 5.26 Å². The number of piperazine rings is 1. The summed E-state index contributed by atoms with van der Waals surface area (Å²) in [5.41, 5.74) is 4.05. The van der Waals surface area contributed by atoms with Gasteiger partial charge in [0.25, 0.3) is 0 Å². The number of benzene rings is 2. The minimum Gasteiger partial charge on any atom is -0.478 e. The molecule has 5 rings (SSSR count). The van der Waals surface area contributed by atoms with Crippen LogP contribution in [0, 0.1) is 35.9 Å². The van der Waals surface area contributed by atoms with Crippen LogP contribution >= 0.6 is 0 Å². The molecule has 1 heterocycles. The number of carboxylic acid groups (broad SMARTS) is 2. The number of nitrogens with zero attached hydrogens (tertiary/aromatic N) is 3. The lowest BCUT2D eigenvalue weighted by Crippen LogP contribution is -2.50. The number of aliphatic carboxylic acids is 2. The molecule has 1 saturated heterocycles. The van der Waals surface area contributed by atoms with Crippen LogP contribution in [0.2, 0.25) is 0 Å². The minimum absolute atomic E-state index is 0.124. The van der Waals surface area contributed by atoms with E-state index in [2.05, 4.69) is 41.0 Å². The second-order valence-electron chi connectivity index (χ2n) is 10.5. The molecule has 200 valence electrons. The molecule has 0 aromatic heterocycles. The van der Waals surface area contributed by atoms with Gasteiger partial charge in [0.05, 0.1) is 5.56 Å². The topological polar surface area (TPSA) is 105 Å². The Bertz CT molecular complexity index is 1200. The fraction of sp³-hybridized carbons (Fsp3) is 0.433. The van der Waals surface area contributed by atoms with E-state index >= 15 is 0 Å². The monoisotopic (exact) mass is 519 g/mol. The summed E-state index contributed by atoms with van der Waals surface area (Å²) >= 11 is 0. The molecule has 2 aromatic carbocycles. The van der Waals surface area contributed by atoms with Crippen molar-refractivity contribution >= 4 is 17.6 Å². The largest absolute Gasteiger partial charge is 0.478 e. The first-order chi connectivity index (χ1) is 18.2. The fourth-order valence-electron chi connectivity index (χ4n) is 6.46. The Labute approximate surface area is 222 Å². The van der Waals surface area contributed by atoms with Gasteiger partial charge in [0.2, 0.25) is 0 Å². The molecule has 2 aromatic rings. The number of nitriles is 1. The summed E-state index contributed by atoms with van der Waals surface area (Å²) in [5.74, 6) is -0.412. The maximum atomic E-state index is 14.0. The van der Waals surface area contributed by atoms with Crippen molar-refractivity contribution in [3.8, 4) is 6.07 Å². The molecule has 1 aliphatic heterocycles. The summed E-state index contributed by atoms with van der Waals surface area (Å²) < 4.78 is 14.0. The van der Waals surface area contributed by atoms with Gasteiger partial charge in [0.15, 0.2) is 0 Å². The Kier molecular flexibility index (Phi) is 8.80. The SMILES string of the molecule is Cc1ccccc1C1CC2CC(N3CCN(c4ccc(C#N)c(F)c4)CC3)CC2C1.O=C(O)/C=C/C(=O)O. The van der Waals surface area contributed by atoms with Crippen molar-refractivity contribution in [3.05, 3.63) is 77.1 Å². The van der Waals surface area contributed by atoms with E-state index < -0.39 is 17.8 Å². The average molecular weight is 520 g/mol. The van der Waals surface area contributed by atoms with Gasteiger partial charge in [0.1, 0.15) is 11.9 Å². The van der Waals surface area contributed by atoms with E-state index in [4.69, 9.17) is 15.5 Å². The average Bonchev–Trinajstić information content (AvgIpc) is 3.48. The van der Waals surface area contributed by atoms with Crippen LogP contribution in [-0.4, -0.2) is 59.3 Å². The molecule has 0 amide bonds. The summed E-state index contributed by atoms with van der Waals surface area (Å²) in [6.07, 6.45) is 6.52. The van der Waals surface area contributed by atoms with Crippen molar-refractivity contribution < 1.29 is 24.2 Å². The molecule has 3 fully saturated rings. The highest BCUT2D eigenvalue weighted by Crippen LogP contribution is 2.52. The van der Waals surface area contributed by atoms with Crippen molar-refractivity contribution in [3.63, 3.8) is 0 Å². The molecule has 2 N–H and O–H groups in total. The van der Waals surface area contributed by atoms with Crippen LogP contribution in [0.3, 0.4) is 0 Å². The molecule has 0 spiro atoms. The molecule has 2 unspecified atom stereocenters. The number of anilines is 1. The van der Waals surface area contributed by atoms with Gasteiger partial charge in [0, 0.05) is 50.1 Å². The Morgan fingerprint density at radius 1 is 0.947 bits per heavy atom. The summed E-state index contributed by atoms with van der Waals surface area (Å²) in [6, 6.07) is 16.5. The van der Waals surface area contributed by atoms with Crippen LogP contribution in [0.5, 0.6) is 0 Å². The van der Waals surface area contributed by atoms with Crippen LogP contribution in [0.1, 0.15) is 48.3 Å². The Balaban J connectivity index is 0.000000368. The van der Waals surface area contributed by atoms with Crippen LogP contribution in [0.4, 0.5) is 10.1 Å². The molecule has 7 nitrogen and oxygen atoms in total. The van der Waals surface area contributed by atoms with Crippen LogP contribution < -0.4 is 4.90 Å². The highest BCUT2D eigenvalue weighted by molar-refractivity contribution is 5.89. The smallest absolute Gasteiger partial charge is 0.328 e. The van der Waals surface area contributed by atoms with E-state index in [0.717, 1.165) is 55.7 Å². The van der Waals surface area contributed by atoms with Gasteiger partial charge in [-0.05, 0) is 79.7 Å². The molecule has 2 atom stereocenters. The first kappa shape index (κ1) is 27.3. The van der Waals surface area contributed by atoms with E-state index in [1.54, 1.807) is 11.6 Å². The third-order valence-corrected chi connectivity index (χ3v) is 8.26. The Morgan fingerprint density at radius 2 is 1.55 bits per heavy atom. The Morgan fingerprint density at radius 3 is 2.08 bits per heavy atom. The van der Waals surface area contributed by atoms with Crippen molar-refractivity contribution in [1.82, 2.24) is 4.90 Å². The summed E-state index contributed by atoms with van der Waals surface area (Å²) in [4.78, 5) is 24.0. The van der Waals surface area contributed by atoms with Gasteiger partial charge in [-0.25, -0.2) is 14.0 Å². The van der Waals surface area contributed by atoms with Gasteiger partial charge >= 0.3 is 11.9 Å². The number of carboxylic acids is 2. The predicted molar refractivity (Wildman–Crippen MR) is 142 cm³/mol. The van der Waals surface area contributed by atoms with Crippen LogP contribution in [0.15, 0.2) is 54.6 Å². The van der Waals surface area contributed by atoms with E-state index in [9.17, 15) is 14.0 Å². The second-order valence-corrected chi connectivity index (χ2v) is 10.5. The standard InChI is InChI=1S/C26H30FN3.C4H4O4/c1-18-4-2-3-5-25(18)22-12-20-14-24(15-21(20)13-22)30-10-8-29(9-11-30)23-7-6-19(17-28)26(27)16-23;5-3(6)1-2-4(7)8/h2-7,16,20-22,24H,8-15H2,1H3;1-2H,(H,5,6)(H,7,8)/b;2-1+. The van der Waals surface area contributed by atoms with Crippen LogP contribution in [0.25, 0.3) is 0 Å². The van der Waals surface area contributed by atoms with Gasteiger partial charge in [-0.3, -0.25) is 4.90 Å². The first-order valence-corrected chi connectivity index (χ1v) is 13.1. The second kappa shape index (κ2) is 12.2. The summed E-state index contributed by atoms with van der Waals surface area (Å²) in [6.45, 7) is 6.22. The molecular weight excluding hydrogens is 485 g/mol. The lowest BCUT2D eigenvalue weighted by Gasteiger charge is -2.39. The van der Waals surface area contributed by atoms with E-state index in [0.29, 0.717) is 12.2 Å². The zero-order valence-corrected chi connectivity index (χ0v) is 21.6. The number of halogens is 1. The maximum absolute atomic E-state index is 14.0. The fourth-order valence-corrected chi connectivity index (χ4v) is 6.46. The molecular formula is C30H34FN3O4. The Hall–Kier alpha value is -3.70. The highest BCUT2D eigenvalue weighted by atomic mass is 19.1. The molecule has 3 aliphatic rings. The molecule has 2 saturated carbocycles. The molecule has 38 heavy (non-hydrogen) atoms. The molecule has 8 heteroatoms. The number of carbonyl (C=O) groups is 2. The molecule has 2 aliphatic carbocycles. The normalized spacial score (nSPS) is 24.9. The van der Waals surface area contributed by atoms with Gasteiger partial charge < -0.3 is 15.1 Å². The van der Waals surface area contributed by atoms with Gasteiger partial charge in [-0.1, -0.05) is 24.3 Å². The van der Waals surface area contributed by atoms with Crippen molar-refractivity contribution in [2.45, 2.75) is 44.6 Å². The zero-order chi connectivity index (χ0) is 27.2. The summed E-state index contributed by atoms with van der Waals surface area (Å²) in [5, 5.41) is 24.6. The lowest BCUT2D eigenvalue weighted by atomic mass is 9.90. The number of hydrogen-bond donors (Lipinski definition) is 2. The molecule has 0 bridgehead atoms. The summed E-state index contributed by atoms with van der Waals surface area (Å²) in [7, 11) is 0. The number of fused-ring (bicyclic) bond motifs is 1. The van der Waals surface area contributed by atoms with E-state index in [1.165, 1.54) is 37.3 Å². The predicted octanol–water partition coefficient (Wildman–Crippen LogP) is 4.81. The van der Waals surface area contributed by atoms with Gasteiger partial charge in [-0.15, -0.1) is 0 Å². The van der Waals surface area contributed by atoms with Crippen molar-refractivity contribution in [2.24, 2.45) is 11.8 Å². The highest BCUT2D eigenvalue weighted by Gasteiger charge is 2.44. The quantitative estimate of drug-likeness (QED) is 0.546. The lowest BCUT2D eigenvalue weighted by molar-refractivity contribution is -0.134. The maximum Gasteiger partial charge on any atom is 0.328 e. The third kappa shape index (κ3) is 6.59. The van der Waals surface area contributed by atoms with E-state index in [-0.39, 0.29) is 5.56 Å². The van der Waals surface area contributed by atoms with E-state index in [1.807, 2.05) is 12.1 Å². The number of aryl methyl sites for hydroxylation is 1. The van der Waals surface area contributed by atoms with Crippen LogP contribution in [-0.2, 0) is 9.59 Å². The van der Waals surface area contributed by atoms with Gasteiger partial charge in [-0.2, -0.15) is 5.26 Å². The zero-order valence-electron chi connectivity index (χ0n) is 21.6. The first-order valence-electron chi connectivity index (χ1n) is 13.1. The minimum atomic E-state index is -1.26. The number of hydrogen-bond acceptors (Lipinski definition) is 5.